The Balaban J connectivity index is 1.98. The molecule has 2 aliphatic carbocycles. The van der Waals surface area contributed by atoms with E-state index < -0.39 is 40.5 Å². The SMILES string of the molecule is COCCOC(=O)C1=CC[C@@]23CC[C@@H]([C@@](C)(/C=C/C=C(\C)C(=O)O)OC2=O)[C@@]3(OC(C)=O)CC1. The number of ether oxygens (including phenoxy) is 4. The first-order chi connectivity index (χ1) is 16.0. The number of carboxylic acid groups (broad SMARTS) is 1. The summed E-state index contributed by atoms with van der Waals surface area (Å²) in [5, 5.41) is 9.10. The molecule has 9 nitrogen and oxygen atoms in total. The fraction of sp³-hybridized carbons (Fsp3) is 0.600. The average molecular weight is 477 g/mol. The van der Waals surface area contributed by atoms with E-state index in [0.29, 0.717) is 18.4 Å². The molecule has 0 spiro atoms. The van der Waals surface area contributed by atoms with Gasteiger partial charge < -0.3 is 24.1 Å². The number of carboxylic acids is 1. The van der Waals surface area contributed by atoms with Gasteiger partial charge in [0.05, 0.1) is 6.61 Å². The van der Waals surface area contributed by atoms with Crippen molar-refractivity contribution in [3.05, 3.63) is 35.5 Å². The molecule has 1 N–H and O–H groups in total. The lowest BCUT2D eigenvalue weighted by molar-refractivity contribution is -0.235. The fourth-order valence-electron chi connectivity index (χ4n) is 5.63. The van der Waals surface area contributed by atoms with Gasteiger partial charge in [-0.2, -0.15) is 0 Å². The molecule has 0 aromatic carbocycles. The summed E-state index contributed by atoms with van der Waals surface area (Å²) in [5.41, 5.74) is -2.82. The molecule has 1 aliphatic heterocycles. The average Bonchev–Trinajstić information content (AvgIpc) is 2.90. The molecule has 0 unspecified atom stereocenters. The van der Waals surface area contributed by atoms with Crippen LogP contribution < -0.4 is 0 Å². The van der Waals surface area contributed by atoms with E-state index in [0.717, 1.165) is 0 Å². The molecule has 0 aromatic rings. The zero-order chi connectivity index (χ0) is 25.1. The minimum absolute atomic E-state index is 0.115. The quantitative estimate of drug-likeness (QED) is 0.185. The lowest BCUT2D eigenvalue weighted by Gasteiger charge is -2.54. The van der Waals surface area contributed by atoms with Crippen LogP contribution in [0.4, 0.5) is 0 Å². The topological polar surface area (TPSA) is 125 Å². The number of hydrogen-bond donors (Lipinski definition) is 1. The molecular weight excluding hydrogens is 444 g/mol. The second kappa shape index (κ2) is 9.74. The third kappa shape index (κ3) is 4.41. The molecular formula is C25H32O9. The summed E-state index contributed by atoms with van der Waals surface area (Å²) in [6, 6.07) is 0. The standard InChI is InChI=1S/C25H32O9/c1-16(20(27)28)6-5-10-23(3)19-9-12-24(22(30)34-23)11-7-18(21(29)32-15-14-31-4)8-13-25(19,24)33-17(2)26/h5-7,10,19H,8-9,11-15H2,1-4H3,(H,27,28)/b10-5+,16-6+/t19-,23+,24+,25-/m0/s1. The van der Waals surface area contributed by atoms with E-state index in [1.807, 2.05) is 0 Å². The molecule has 4 atom stereocenters. The molecule has 1 heterocycles. The first-order valence-electron chi connectivity index (χ1n) is 11.4. The second-order valence-corrected chi connectivity index (χ2v) is 9.31. The summed E-state index contributed by atoms with van der Waals surface area (Å²) in [7, 11) is 1.51. The molecule has 1 saturated carbocycles. The maximum Gasteiger partial charge on any atom is 0.333 e. The van der Waals surface area contributed by atoms with Crippen LogP contribution in [0.25, 0.3) is 0 Å². The maximum absolute atomic E-state index is 13.5. The van der Waals surface area contributed by atoms with Crippen molar-refractivity contribution >= 4 is 23.9 Å². The van der Waals surface area contributed by atoms with Crippen LogP contribution in [-0.4, -0.2) is 60.5 Å². The monoisotopic (exact) mass is 476 g/mol. The van der Waals surface area contributed by atoms with Gasteiger partial charge in [-0.3, -0.25) is 9.59 Å². The summed E-state index contributed by atoms with van der Waals surface area (Å²) in [6.07, 6.45) is 8.11. The molecule has 2 bridgehead atoms. The second-order valence-electron chi connectivity index (χ2n) is 9.31. The van der Waals surface area contributed by atoms with E-state index in [2.05, 4.69) is 0 Å². The summed E-state index contributed by atoms with van der Waals surface area (Å²) in [5.74, 6) is -2.89. The van der Waals surface area contributed by atoms with Crippen molar-refractivity contribution in [1.29, 1.82) is 0 Å². The van der Waals surface area contributed by atoms with Crippen LogP contribution in [0, 0.1) is 11.3 Å². The number of carbonyl (C=O) groups is 4. The largest absolute Gasteiger partial charge is 0.478 e. The van der Waals surface area contributed by atoms with Crippen molar-refractivity contribution in [3.8, 4) is 0 Å². The molecule has 3 aliphatic rings. The highest BCUT2D eigenvalue weighted by Crippen LogP contribution is 2.65. The molecule has 9 heteroatoms. The minimum Gasteiger partial charge on any atom is -0.478 e. The first-order valence-corrected chi connectivity index (χ1v) is 11.4. The van der Waals surface area contributed by atoms with E-state index in [9.17, 15) is 19.2 Å². The zero-order valence-corrected chi connectivity index (χ0v) is 20.0. The molecule has 0 radical (unpaired) electrons. The normalized spacial score (nSPS) is 32.9. The number of aliphatic carboxylic acids is 1. The lowest BCUT2D eigenvalue weighted by atomic mass is 9.62. The van der Waals surface area contributed by atoms with Gasteiger partial charge in [0.2, 0.25) is 0 Å². The Hall–Kier alpha value is -2.94. The van der Waals surface area contributed by atoms with Gasteiger partial charge in [-0.1, -0.05) is 18.2 Å². The number of hydrogen-bond acceptors (Lipinski definition) is 8. The molecule has 2 fully saturated rings. The Morgan fingerprint density at radius 1 is 1.24 bits per heavy atom. The Morgan fingerprint density at radius 2 is 1.97 bits per heavy atom. The van der Waals surface area contributed by atoms with Gasteiger partial charge in [0.1, 0.15) is 23.2 Å². The van der Waals surface area contributed by atoms with Crippen molar-refractivity contribution in [2.45, 2.75) is 64.1 Å². The Bertz CT molecular complexity index is 961. The third-order valence-corrected chi connectivity index (χ3v) is 7.31. The molecule has 34 heavy (non-hydrogen) atoms. The van der Waals surface area contributed by atoms with Gasteiger partial charge in [-0.25, -0.2) is 9.59 Å². The summed E-state index contributed by atoms with van der Waals surface area (Å²) in [4.78, 5) is 49.5. The number of esters is 3. The number of methoxy groups -OCH3 is 1. The van der Waals surface area contributed by atoms with Crippen molar-refractivity contribution < 1.29 is 43.2 Å². The highest BCUT2D eigenvalue weighted by Gasteiger charge is 2.74. The van der Waals surface area contributed by atoms with Crippen LogP contribution in [-0.2, 0) is 38.1 Å². The van der Waals surface area contributed by atoms with Crippen LogP contribution in [0.5, 0.6) is 0 Å². The van der Waals surface area contributed by atoms with Crippen LogP contribution in [0.3, 0.4) is 0 Å². The molecule has 1 saturated heterocycles. The molecule has 186 valence electrons. The van der Waals surface area contributed by atoms with Crippen LogP contribution in [0.1, 0.15) is 52.9 Å². The van der Waals surface area contributed by atoms with Crippen molar-refractivity contribution in [2.75, 3.05) is 20.3 Å². The van der Waals surface area contributed by atoms with Gasteiger partial charge in [0.25, 0.3) is 0 Å². The van der Waals surface area contributed by atoms with Gasteiger partial charge >= 0.3 is 23.9 Å². The van der Waals surface area contributed by atoms with Gasteiger partial charge in [0.15, 0.2) is 0 Å². The van der Waals surface area contributed by atoms with E-state index in [1.165, 1.54) is 27.0 Å². The highest BCUT2D eigenvalue weighted by atomic mass is 16.6. The highest BCUT2D eigenvalue weighted by molar-refractivity contribution is 5.90. The van der Waals surface area contributed by atoms with Crippen molar-refractivity contribution in [2.24, 2.45) is 11.3 Å². The van der Waals surface area contributed by atoms with Crippen LogP contribution in [0.2, 0.25) is 0 Å². The Morgan fingerprint density at radius 3 is 2.62 bits per heavy atom. The molecule has 3 rings (SSSR count). The smallest absolute Gasteiger partial charge is 0.333 e. The summed E-state index contributed by atoms with van der Waals surface area (Å²) >= 11 is 0. The third-order valence-electron chi connectivity index (χ3n) is 7.31. The van der Waals surface area contributed by atoms with E-state index in [4.69, 9.17) is 24.1 Å². The van der Waals surface area contributed by atoms with Crippen molar-refractivity contribution in [3.63, 3.8) is 0 Å². The molecule has 0 amide bonds. The maximum atomic E-state index is 13.5. The zero-order valence-electron chi connectivity index (χ0n) is 20.0. The van der Waals surface area contributed by atoms with Gasteiger partial charge in [-0.15, -0.1) is 0 Å². The van der Waals surface area contributed by atoms with E-state index >= 15 is 0 Å². The number of allylic oxidation sites excluding steroid dienone is 3. The number of rotatable bonds is 8. The van der Waals surface area contributed by atoms with Crippen LogP contribution >= 0.6 is 0 Å². The Labute approximate surface area is 198 Å². The fourth-order valence-corrected chi connectivity index (χ4v) is 5.63. The van der Waals surface area contributed by atoms with Crippen molar-refractivity contribution in [1.82, 2.24) is 0 Å². The summed E-state index contributed by atoms with van der Waals surface area (Å²) < 4.78 is 22.1. The van der Waals surface area contributed by atoms with E-state index in [1.54, 1.807) is 25.2 Å². The number of carbonyl (C=O) groups excluding carboxylic acids is 3. The first kappa shape index (κ1) is 25.7. The predicted molar refractivity (Wildman–Crippen MR) is 119 cm³/mol. The number of cyclic esters (lactones) is 1. The minimum atomic E-state index is -1.16. The Kier molecular flexibility index (Phi) is 7.35. The summed E-state index contributed by atoms with van der Waals surface area (Å²) in [6.45, 7) is 4.91. The van der Waals surface area contributed by atoms with Gasteiger partial charge in [0, 0.05) is 31.1 Å². The molecule has 0 aromatic heterocycles. The van der Waals surface area contributed by atoms with E-state index in [-0.39, 0.29) is 44.0 Å². The van der Waals surface area contributed by atoms with Crippen LogP contribution in [0.15, 0.2) is 35.5 Å². The van der Waals surface area contributed by atoms with Gasteiger partial charge in [-0.05, 0) is 52.0 Å². The lowest BCUT2D eigenvalue weighted by Crippen LogP contribution is -2.65. The predicted octanol–water partition coefficient (Wildman–Crippen LogP) is 2.89.